The van der Waals surface area contributed by atoms with Gasteiger partial charge in [-0.2, -0.15) is 0 Å². The SMILES string of the molecule is CC(C)CC(C)N1C(=O)c2ccc3c4ccc5c6c(ccc(c7ccc(c2c37)C1=O)c64)C(=O)N(CCc1ccc(Cl)cc1Cl)C5=O. The van der Waals surface area contributed by atoms with Crippen molar-refractivity contribution in [1.29, 1.82) is 0 Å². The van der Waals surface area contributed by atoms with Crippen LogP contribution >= 0.6 is 23.2 Å². The van der Waals surface area contributed by atoms with E-state index in [1.807, 2.05) is 49.4 Å². The quantitative estimate of drug-likeness (QED) is 0.103. The second-order valence-corrected chi connectivity index (χ2v) is 13.7. The molecule has 2 aliphatic heterocycles. The monoisotopic (exact) mass is 646 g/mol. The van der Waals surface area contributed by atoms with E-state index in [1.54, 1.807) is 24.3 Å². The van der Waals surface area contributed by atoms with Gasteiger partial charge in [0.2, 0.25) is 0 Å². The summed E-state index contributed by atoms with van der Waals surface area (Å²) in [7, 11) is 0. The van der Waals surface area contributed by atoms with Gasteiger partial charge in [0, 0.05) is 55.7 Å². The molecular weight excluding hydrogens is 619 g/mol. The Kier molecular flexibility index (Phi) is 6.44. The number of benzene rings is 6. The fourth-order valence-electron chi connectivity index (χ4n) is 7.68. The zero-order chi connectivity index (χ0) is 32.2. The number of imide groups is 2. The van der Waals surface area contributed by atoms with Crippen molar-refractivity contribution in [1.82, 2.24) is 9.80 Å². The minimum Gasteiger partial charge on any atom is -0.274 e. The van der Waals surface area contributed by atoms with Gasteiger partial charge >= 0.3 is 0 Å². The predicted octanol–water partition coefficient (Wildman–Crippen LogP) is 8.91. The van der Waals surface area contributed by atoms with Crippen LogP contribution in [0.4, 0.5) is 0 Å². The molecule has 6 aromatic rings. The van der Waals surface area contributed by atoms with E-state index in [0.717, 1.165) is 44.3 Å². The van der Waals surface area contributed by atoms with E-state index in [1.165, 1.54) is 9.80 Å². The minimum absolute atomic E-state index is 0.173. The fourth-order valence-corrected chi connectivity index (χ4v) is 8.19. The molecule has 228 valence electrons. The Labute approximate surface area is 274 Å². The van der Waals surface area contributed by atoms with Crippen LogP contribution in [0.5, 0.6) is 0 Å². The first-order valence-corrected chi connectivity index (χ1v) is 16.2. The van der Waals surface area contributed by atoms with Crippen LogP contribution in [-0.4, -0.2) is 46.0 Å². The van der Waals surface area contributed by atoms with Gasteiger partial charge in [-0.25, -0.2) is 0 Å². The number of hydrogen-bond acceptors (Lipinski definition) is 4. The number of hydrogen-bond donors (Lipinski definition) is 0. The van der Waals surface area contributed by atoms with Crippen LogP contribution in [0.25, 0.3) is 43.1 Å². The number of nitrogens with zero attached hydrogens (tertiary/aromatic N) is 2. The Morgan fingerprint density at radius 2 is 1.04 bits per heavy atom. The molecule has 0 saturated carbocycles. The Balaban J connectivity index is 1.29. The molecule has 0 bridgehead atoms. The van der Waals surface area contributed by atoms with E-state index < -0.39 is 0 Å². The van der Waals surface area contributed by atoms with Crippen LogP contribution in [0.1, 0.15) is 74.2 Å². The molecule has 0 spiro atoms. The lowest BCUT2D eigenvalue weighted by atomic mass is 9.82. The molecule has 6 aromatic carbocycles. The van der Waals surface area contributed by atoms with Gasteiger partial charge in [-0.15, -0.1) is 0 Å². The molecule has 0 saturated heterocycles. The standard InChI is InChI=1S/C38H28Cl2N2O4/c1-18(2)16-19(3)42-37(45)28-12-8-24-22-6-10-26-33-27(36(44)41(35(26)43)15-14-20-4-5-21(39)17-30(20)40)11-7-23(31(22)33)25-9-13-29(38(42)46)34(28)32(24)25/h4-13,17-19H,14-16H2,1-3H3. The maximum absolute atomic E-state index is 13.9. The number of carbonyl (C=O) groups excluding carboxylic acids is 4. The average molecular weight is 648 g/mol. The van der Waals surface area contributed by atoms with Crippen LogP contribution in [0, 0.1) is 5.92 Å². The predicted molar refractivity (Wildman–Crippen MR) is 183 cm³/mol. The molecular formula is C38H28Cl2N2O4. The first-order valence-electron chi connectivity index (χ1n) is 15.4. The molecule has 8 heteroatoms. The summed E-state index contributed by atoms with van der Waals surface area (Å²) in [6, 6.07) is 19.9. The van der Waals surface area contributed by atoms with Gasteiger partial charge in [-0.05, 0) is 100.0 Å². The number of halogens is 2. The van der Waals surface area contributed by atoms with Crippen molar-refractivity contribution in [3.8, 4) is 0 Å². The van der Waals surface area contributed by atoms with Gasteiger partial charge in [0.1, 0.15) is 0 Å². The molecule has 0 aliphatic carbocycles. The van der Waals surface area contributed by atoms with E-state index in [2.05, 4.69) is 13.8 Å². The normalized spacial score (nSPS) is 15.5. The number of amides is 4. The van der Waals surface area contributed by atoms with E-state index in [-0.39, 0.29) is 36.2 Å². The van der Waals surface area contributed by atoms with Gasteiger partial charge < -0.3 is 0 Å². The topological polar surface area (TPSA) is 74.8 Å². The summed E-state index contributed by atoms with van der Waals surface area (Å²) in [5, 5.41) is 7.45. The molecule has 46 heavy (non-hydrogen) atoms. The first-order chi connectivity index (χ1) is 22.1. The van der Waals surface area contributed by atoms with E-state index >= 15 is 0 Å². The van der Waals surface area contributed by atoms with Crippen molar-refractivity contribution in [2.45, 2.75) is 39.7 Å². The zero-order valence-electron chi connectivity index (χ0n) is 25.4. The molecule has 0 radical (unpaired) electrons. The molecule has 4 amide bonds. The molecule has 1 atom stereocenters. The summed E-state index contributed by atoms with van der Waals surface area (Å²) < 4.78 is 0. The highest BCUT2D eigenvalue weighted by Gasteiger charge is 2.38. The van der Waals surface area contributed by atoms with Crippen molar-refractivity contribution in [3.63, 3.8) is 0 Å². The third-order valence-corrected chi connectivity index (χ3v) is 10.2. The van der Waals surface area contributed by atoms with E-state index in [0.29, 0.717) is 55.4 Å². The van der Waals surface area contributed by atoms with Crippen LogP contribution in [-0.2, 0) is 6.42 Å². The molecule has 1 unspecified atom stereocenters. The fraction of sp³-hybridized carbons (Fsp3) is 0.211. The molecule has 2 aliphatic rings. The number of rotatable bonds is 6. The summed E-state index contributed by atoms with van der Waals surface area (Å²) >= 11 is 12.4. The summed E-state index contributed by atoms with van der Waals surface area (Å²) in [4.78, 5) is 58.1. The molecule has 8 rings (SSSR count). The summed E-state index contributed by atoms with van der Waals surface area (Å²) in [6.45, 7) is 6.26. The highest BCUT2D eigenvalue weighted by Crippen LogP contribution is 2.46. The van der Waals surface area contributed by atoms with E-state index in [4.69, 9.17) is 23.2 Å². The maximum atomic E-state index is 13.9. The van der Waals surface area contributed by atoms with Crippen molar-refractivity contribution >= 4 is 89.9 Å². The second-order valence-electron chi connectivity index (χ2n) is 12.8. The molecule has 6 nitrogen and oxygen atoms in total. The molecule has 2 heterocycles. The lowest BCUT2D eigenvalue weighted by Crippen LogP contribution is -2.46. The average Bonchev–Trinajstić information content (AvgIpc) is 3.02. The zero-order valence-corrected chi connectivity index (χ0v) is 26.9. The lowest BCUT2D eigenvalue weighted by Gasteiger charge is -2.33. The summed E-state index contributed by atoms with van der Waals surface area (Å²) in [6.07, 6.45) is 1.11. The molecule has 0 fully saturated rings. The smallest absolute Gasteiger partial charge is 0.261 e. The Morgan fingerprint density at radius 1 is 0.587 bits per heavy atom. The van der Waals surface area contributed by atoms with Crippen molar-refractivity contribution in [2.24, 2.45) is 5.92 Å². The largest absolute Gasteiger partial charge is 0.274 e. The minimum atomic E-state index is -0.353. The summed E-state index contributed by atoms with van der Waals surface area (Å²) in [5.74, 6) is -0.926. The Hall–Kier alpha value is -4.52. The second kappa shape index (κ2) is 10.2. The molecule has 0 N–H and O–H groups in total. The van der Waals surface area contributed by atoms with E-state index in [9.17, 15) is 19.2 Å². The van der Waals surface area contributed by atoms with Crippen LogP contribution < -0.4 is 0 Å². The van der Waals surface area contributed by atoms with Crippen LogP contribution in [0.3, 0.4) is 0 Å². The number of fused-ring (bicyclic) bond motifs is 2. The van der Waals surface area contributed by atoms with Crippen LogP contribution in [0.15, 0.2) is 66.7 Å². The maximum Gasteiger partial charge on any atom is 0.261 e. The highest BCUT2D eigenvalue weighted by molar-refractivity contribution is 6.41. The molecule has 0 aromatic heterocycles. The van der Waals surface area contributed by atoms with Crippen molar-refractivity contribution in [2.75, 3.05) is 6.54 Å². The van der Waals surface area contributed by atoms with Gasteiger partial charge in [-0.1, -0.05) is 67.4 Å². The van der Waals surface area contributed by atoms with Gasteiger partial charge in [0.15, 0.2) is 0 Å². The summed E-state index contributed by atoms with van der Waals surface area (Å²) in [5.41, 5.74) is 2.76. The Morgan fingerprint density at radius 3 is 1.48 bits per heavy atom. The van der Waals surface area contributed by atoms with Gasteiger partial charge in [0.25, 0.3) is 23.6 Å². The van der Waals surface area contributed by atoms with Crippen molar-refractivity contribution in [3.05, 3.63) is 105 Å². The first kappa shape index (κ1) is 28.9. The third-order valence-electron chi connectivity index (χ3n) is 9.62. The van der Waals surface area contributed by atoms with Gasteiger partial charge in [0.05, 0.1) is 0 Å². The highest BCUT2D eigenvalue weighted by atomic mass is 35.5. The lowest BCUT2D eigenvalue weighted by molar-refractivity contribution is 0.0532. The third kappa shape index (κ3) is 3.96. The Bertz CT molecular complexity index is 2240. The van der Waals surface area contributed by atoms with Crippen LogP contribution in [0.2, 0.25) is 10.0 Å². The van der Waals surface area contributed by atoms with Gasteiger partial charge in [-0.3, -0.25) is 29.0 Å². The number of carbonyl (C=O) groups is 4. The van der Waals surface area contributed by atoms with Crippen molar-refractivity contribution < 1.29 is 19.2 Å².